The minimum absolute atomic E-state index is 0.0208. The lowest BCUT2D eigenvalue weighted by molar-refractivity contribution is 0.219. The lowest BCUT2D eigenvalue weighted by Crippen LogP contribution is -2.31. The van der Waals surface area contributed by atoms with E-state index < -0.39 is 11.7 Å². The van der Waals surface area contributed by atoms with E-state index >= 15 is 0 Å². The van der Waals surface area contributed by atoms with Crippen LogP contribution in [0.5, 0.6) is 0 Å². The van der Waals surface area contributed by atoms with Crippen LogP contribution < -0.4 is 10.9 Å². The zero-order valence-electron chi connectivity index (χ0n) is 10.6. The fourth-order valence-corrected chi connectivity index (χ4v) is 1.93. The van der Waals surface area contributed by atoms with E-state index in [0.29, 0.717) is 5.46 Å². The average molecular weight is 246 g/mol. The summed E-state index contributed by atoms with van der Waals surface area (Å²) in [7, 11) is -0.0518. The van der Waals surface area contributed by atoms with Crippen molar-refractivity contribution in [1.29, 1.82) is 0 Å². The Hall–Kier alpha value is -1.71. The van der Waals surface area contributed by atoms with Crippen molar-refractivity contribution < 1.29 is 19.8 Å². The van der Waals surface area contributed by atoms with E-state index in [9.17, 15) is 9.59 Å². The first-order valence-electron chi connectivity index (χ1n) is 5.99. The topological polar surface area (TPSA) is 74.6 Å². The Morgan fingerprint density at radius 1 is 1.22 bits per heavy atom. The number of benzene rings is 1. The summed E-state index contributed by atoms with van der Waals surface area (Å²) < 4.78 is 0. The van der Waals surface area contributed by atoms with Gasteiger partial charge < -0.3 is 10.2 Å². The molecule has 0 saturated carbocycles. The van der Waals surface area contributed by atoms with Crippen molar-refractivity contribution in [3.8, 4) is 0 Å². The fourth-order valence-electron chi connectivity index (χ4n) is 1.93. The van der Waals surface area contributed by atoms with E-state index in [4.69, 9.17) is 10.2 Å². The third-order valence-electron chi connectivity index (χ3n) is 3.05. The molecule has 1 aromatic rings. The number of carboxylic acid groups (broad SMARTS) is 2. The number of rotatable bonds is 6. The Morgan fingerprint density at radius 3 is 2.33 bits per heavy atom. The van der Waals surface area contributed by atoms with Gasteiger partial charge in [-0.3, -0.25) is 9.59 Å². The largest absolute Gasteiger partial charge is 0.489 e. The summed E-state index contributed by atoms with van der Waals surface area (Å²) in [6.07, 6.45) is 0.892. The smallest absolute Gasteiger partial charge is 0.293 e. The summed E-state index contributed by atoms with van der Waals surface area (Å²) in [5, 5.41) is 17.6. The first-order chi connectivity index (χ1) is 8.43. The molecule has 0 bridgehead atoms. The summed E-state index contributed by atoms with van der Waals surface area (Å²) in [5.74, 6) is -1.52. The quantitative estimate of drug-likeness (QED) is 0.723. The van der Waals surface area contributed by atoms with Crippen molar-refractivity contribution in [2.75, 3.05) is 0 Å². The molecule has 1 unspecified atom stereocenters. The second-order valence-corrected chi connectivity index (χ2v) is 4.48. The van der Waals surface area contributed by atoms with Crippen LogP contribution in [0.1, 0.15) is 31.7 Å². The maximum absolute atomic E-state index is 10.8. The molecule has 4 nitrogen and oxygen atoms in total. The van der Waals surface area contributed by atoms with Crippen molar-refractivity contribution in [2.45, 2.75) is 26.2 Å². The summed E-state index contributed by atoms with van der Waals surface area (Å²) >= 11 is 0. The van der Waals surface area contributed by atoms with Gasteiger partial charge in [-0.15, -0.1) is 0 Å². The molecule has 18 heavy (non-hydrogen) atoms. The van der Waals surface area contributed by atoms with Crippen LogP contribution in [0.15, 0.2) is 18.2 Å². The molecule has 0 aliphatic rings. The van der Waals surface area contributed by atoms with Crippen LogP contribution in [0.4, 0.5) is 9.59 Å². The highest BCUT2D eigenvalue weighted by atomic mass is 16.4. The summed E-state index contributed by atoms with van der Waals surface area (Å²) in [5.41, 5.74) is 2.43. The minimum Gasteiger partial charge on any atom is -0.489 e. The van der Waals surface area contributed by atoms with Gasteiger partial charge in [0.15, 0.2) is 0 Å². The minimum atomic E-state index is -0.879. The van der Waals surface area contributed by atoms with Gasteiger partial charge in [0.05, 0.1) is 0 Å². The third kappa shape index (κ3) is 3.95. The van der Waals surface area contributed by atoms with Gasteiger partial charge in [-0.05, 0) is 12.3 Å². The van der Waals surface area contributed by atoms with Crippen LogP contribution >= 0.6 is 0 Å². The lowest BCUT2D eigenvalue weighted by Gasteiger charge is -2.15. The Kier molecular flexibility index (Phi) is 5.01. The SMILES string of the molecule is CCC(C)c1cc(BC(=O)O)ccc1BC(=O)O. The zero-order chi connectivity index (χ0) is 13.7. The summed E-state index contributed by atoms with van der Waals surface area (Å²) in [4.78, 5) is 21.5. The monoisotopic (exact) mass is 246 g/mol. The van der Waals surface area contributed by atoms with Crippen LogP contribution in [-0.4, -0.2) is 36.5 Å². The molecule has 0 aliphatic carbocycles. The van der Waals surface area contributed by atoms with E-state index in [1.54, 1.807) is 12.1 Å². The van der Waals surface area contributed by atoms with Gasteiger partial charge in [-0.1, -0.05) is 48.5 Å². The Labute approximate surface area is 108 Å². The highest BCUT2D eigenvalue weighted by Crippen LogP contribution is 2.15. The molecule has 0 saturated heterocycles. The van der Waals surface area contributed by atoms with Gasteiger partial charge in [-0.25, -0.2) is 0 Å². The molecule has 0 fully saturated rings. The van der Waals surface area contributed by atoms with Gasteiger partial charge in [0, 0.05) is 0 Å². The first kappa shape index (κ1) is 14.4. The first-order valence-corrected chi connectivity index (χ1v) is 5.99. The summed E-state index contributed by atoms with van der Waals surface area (Å²) in [6, 6.07) is 5.24. The Bertz CT molecular complexity index is 459. The molecular weight excluding hydrogens is 230 g/mol. The van der Waals surface area contributed by atoms with Crippen molar-refractivity contribution in [3.05, 3.63) is 23.8 Å². The maximum atomic E-state index is 10.8. The molecule has 0 aromatic heterocycles. The molecule has 0 radical (unpaired) electrons. The second-order valence-electron chi connectivity index (χ2n) is 4.48. The molecule has 1 atom stereocenters. The van der Waals surface area contributed by atoms with Gasteiger partial charge in [0.25, 0.3) is 26.3 Å². The highest BCUT2D eigenvalue weighted by Gasteiger charge is 2.15. The predicted octanol–water partition coefficient (Wildman–Crippen LogP) is 0.680. The lowest BCUT2D eigenvalue weighted by atomic mass is 9.63. The molecular formula is C12H16B2O4. The number of hydrogen-bond acceptors (Lipinski definition) is 2. The van der Waals surface area contributed by atoms with Gasteiger partial charge in [0.1, 0.15) is 0 Å². The van der Waals surface area contributed by atoms with Crippen molar-refractivity contribution in [1.82, 2.24) is 0 Å². The number of hydrogen-bond donors (Lipinski definition) is 2. The van der Waals surface area contributed by atoms with E-state index in [1.807, 2.05) is 19.9 Å². The Balaban J connectivity index is 3.11. The molecule has 94 valence electrons. The van der Waals surface area contributed by atoms with Crippen LogP contribution in [-0.2, 0) is 0 Å². The normalized spacial score (nSPS) is 11.7. The molecule has 1 aromatic carbocycles. The van der Waals surface area contributed by atoms with E-state index in [2.05, 4.69) is 0 Å². The molecule has 1 rings (SSSR count). The molecule has 6 heteroatoms. The Morgan fingerprint density at radius 2 is 1.83 bits per heavy atom. The summed E-state index contributed by atoms with van der Waals surface area (Å²) in [6.45, 7) is 4.05. The van der Waals surface area contributed by atoms with Gasteiger partial charge in [0.2, 0.25) is 0 Å². The van der Waals surface area contributed by atoms with E-state index in [1.165, 1.54) is 0 Å². The standard InChI is InChI=1S/C12H16B2O4/c1-3-7(2)9-6-8(13-11(15)16)4-5-10(9)14-12(17)18/h4-7,13-14H,3H2,1-2H3,(H,15,16)(H,17,18). The predicted molar refractivity (Wildman–Crippen MR) is 74.8 cm³/mol. The van der Waals surface area contributed by atoms with Crippen molar-refractivity contribution in [2.24, 2.45) is 0 Å². The molecule has 2 N–H and O–H groups in total. The van der Waals surface area contributed by atoms with Crippen LogP contribution in [0.3, 0.4) is 0 Å². The highest BCUT2D eigenvalue weighted by molar-refractivity contribution is 6.83. The van der Waals surface area contributed by atoms with Crippen LogP contribution in [0, 0.1) is 0 Å². The van der Waals surface area contributed by atoms with Crippen LogP contribution in [0.2, 0.25) is 0 Å². The van der Waals surface area contributed by atoms with Crippen LogP contribution in [0.25, 0.3) is 0 Å². The van der Waals surface area contributed by atoms with E-state index in [0.717, 1.165) is 17.4 Å². The molecule has 0 aliphatic heterocycles. The molecule has 0 heterocycles. The average Bonchev–Trinajstić information content (AvgIpc) is 2.28. The van der Waals surface area contributed by atoms with Gasteiger partial charge in [-0.2, -0.15) is 0 Å². The number of carbonyl (C=O) groups is 2. The molecule has 0 spiro atoms. The van der Waals surface area contributed by atoms with Crippen molar-refractivity contribution >= 4 is 37.2 Å². The third-order valence-corrected chi connectivity index (χ3v) is 3.05. The molecule has 0 amide bonds. The van der Waals surface area contributed by atoms with E-state index in [-0.39, 0.29) is 20.5 Å². The second kappa shape index (κ2) is 6.28. The zero-order valence-corrected chi connectivity index (χ0v) is 10.6. The maximum Gasteiger partial charge on any atom is 0.293 e. The van der Waals surface area contributed by atoms with Gasteiger partial charge >= 0.3 is 0 Å². The van der Waals surface area contributed by atoms with Crippen molar-refractivity contribution in [3.63, 3.8) is 0 Å². The fraction of sp³-hybridized carbons (Fsp3) is 0.333.